The lowest BCUT2D eigenvalue weighted by Gasteiger charge is -2.23. The number of carbonyl (C=O) groups is 1. The van der Waals surface area contributed by atoms with Crippen LogP contribution < -0.4 is 0 Å². The Morgan fingerprint density at radius 1 is 1.38 bits per heavy atom. The third-order valence-electron chi connectivity index (χ3n) is 3.14. The number of aliphatic imine (C=N–C) groups is 1. The van der Waals surface area contributed by atoms with Crippen LogP contribution in [0.25, 0.3) is 0 Å². The first-order valence-electron chi connectivity index (χ1n) is 5.42. The van der Waals surface area contributed by atoms with Crippen LogP contribution in [0.4, 0.5) is 5.69 Å². The van der Waals surface area contributed by atoms with Gasteiger partial charge in [-0.05, 0) is 18.1 Å². The number of aldehydes is 1. The Hall–Kier alpha value is -1.90. The Kier molecular flexibility index (Phi) is 2.10. The summed E-state index contributed by atoms with van der Waals surface area (Å²) in [6, 6.07) is 8.32. The summed E-state index contributed by atoms with van der Waals surface area (Å²) in [5.41, 5.74) is 2.98. The highest BCUT2D eigenvalue weighted by Gasteiger charge is 2.26. The fourth-order valence-corrected chi connectivity index (χ4v) is 2.26. The molecule has 2 aliphatic rings. The number of carbonyl (C=O) groups excluding carboxylic acids is 1. The zero-order valence-electron chi connectivity index (χ0n) is 8.84. The first kappa shape index (κ1) is 9.33. The van der Waals surface area contributed by atoms with Gasteiger partial charge in [-0.3, -0.25) is 9.79 Å². The van der Waals surface area contributed by atoms with Crippen LogP contribution >= 0.6 is 0 Å². The summed E-state index contributed by atoms with van der Waals surface area (Å²) in [4.78, 5) is 17.5. The molecular formula is C13H12N2O. The minimum atomic E-state index is 0.243. The van der Waals surface area contributed by atoms with Gasteiger partial charge >= 0.3 is 0 Å². The molecule has 1 aromatic carbocycles. The summed E-state index contributed by atoms with van der Waals surface area (Å²) in [7, 11) is 0. The van der Waals surface area contributed by atoms with Crippen LogP contribution in [0.15, 0.2) is 41.0 Å². The Morgan fingerprint density at radius 3 is 3.12 bits per heavy atom. The molecule has 1 unspecified atom stereocenters. The van der Waals surface area contributed by atoms with Crippen molar-refractivity contribution < 1.29 is 4.79 Å². The highest BCUT2D eigenvalue weighted by Crippen LogP contribution is 2.29. The summed E-state index contributed by atoms with van der Waals surface area (Å²) in [5.74, 6) is 0. The van der Waals surface area contributed by atoms with Crippen molar-refractivity contribution in [3.05, 3.63) is 41.6 Å². The van der Waals surface area contributed by atoms with E-state index in [0.29, 0.717) is 0 Å². The van der Waals surface area contributed by atoms with Gasteiger partial charge in [0.15, 0.2) is 6.29 Å². The van der Waals surface area contributed by atoms with Crippen molar-refractivity contribution in [3.8, 4) is 0 Å². The van der Waals surface area contributed by atoms with Crippen molar-refractivity contribution in [1.82, 2.24) is 4.90 Å². The number of hydrogen-bond acceptors (Lipinski definition) is 3. The smallest absolute Gasteiger partial charge is 0.165 e. The molecule has 1 aromatic rings. The first-order valence-corrected chi connectivity index (χ1v) is 5.42. The average molecular weight is 212 g/mol. The van der Waals surface area contributed by atoms with Crippen molar-refractivity contribution >= 4 is 18.2 Å². The second-order valence-electron chi connectivity index (χ2n) is 4.08. The fraction of sp³-hybridized carbons (Fsp3) is 0.231. The molecule has 3 rings (SSSR count). The monoisotopic (exact) mass is 212 g/mol. The van der Waals surface area contributed by atoms with Crippen LogP contribution in [0.5, 0.6) is 0 Å². The van der Waals surface area contributed by atoms with Crippen LogP contribution in [0.3, 0.4) is 0 Å². The van der Waals surface area contributed by atoms with E-state index >= 15 is 0 Å². The maximum Gasteiger partial charge on any atom is 0.165 e. The van der Waals surface area contributed by atoms with Crippen LogP contribution in [-0.2, 0) is 11.3 Å². The summed E-state index contributed by atoms with van der Waals surface area (Å²) < 4.78 is 0. The van der Waals surface area contributed by atoms with E-state index in [1.54, 1.807) is 0 Å². The third-order valence-corrected chi connectivity index (χ3v) is 3.14. The number of fused-ring (bicyclic) bond motifs is 2. The summed E-state index contributed by atoms with van der Waals surface area (Å²) in [5, 5.41) is 0. The largest absolute Gasteiger partial charge is 0.356 e. The Morgan fingerprint density at radius 2 is 2.25 bits per heavy atom. The lowest BCUT2D eigenvalue weighted by atomic mass is 10.1. The number of benzene rings is 1. The topological polar surface area (TPSA) is 32.7 Å². The number of allylic oxidation sites excluding steroid dienone is 1. The van der Waals surface area contributed by atoms with E-state index in [9.17, 15) is 4.79 Å². The number of nitrogens with zero attached hydrogens (tertiary/aromatic N) is 2. The average Bonchev–Trinajstić information content (AvgIpc) is 2.61. The lowest BCUT2D eigenvalue weighted by molar-refractivity contribution is -0.106. The van der Waals surface area contributed by atoms with Gasteiger partial charge in [-0.2, -0.15) is 0 Å². The minimum absolute atomic E-state index is 0.243. The van der Waals surface area contributed by atoms with Crippen molar-refractivity contribution in [1.29, 1.82) is 0 Å². The van der Waals surface area contributed by atoms with Crippen molar-refractivity contribution in [3.63, 3.8) is 0 Å². The second kappa shape index (κ2) is 3.59. The molecule has 0 saturated carbocycles. The highest BCUT2D eigenvalue weighted by molar-refractivity contribution is 5.79. The van der Waals surface area contributed by atoms with E-state index in [2.05, 4.69) is 16.0 Å². The lowest BCUT2D eigenvalue weighted by Crippen LogP contribution is -2.30. The quantitative estimate of drug-likeness (QED) is 0.667. The van der Waals surface area contributed by atoms with E-state index in [4.69, 9.17) is 0 Å². The minimum Gasteiger partial charge on any atom is -0.356 e. The van der Waals surface area contributed by atoms with Crippen LogP contribution in [0.1, 0.15) is 12.0 Å². The van der Waals surface area contributed by atoms with E-state index in [-0.39, 0.29) is 6.04 Å². The van der Waals surface area contributed by atoms with Gasteiger partial charge in [0.05, 0.1) is 17.4 Å². The van der Waals surface area contributed by atoms with Crippen LogP contribution in [-0.4, -0.2) is 23.4 Å². The summed E-state index contributed by atoms with van der Waals surface area (Å²) >= 11 is 0. The molecule has 1 atom stereocenters. The summed E-state index contributed by atoms with van der Waals surface area (Å²) in [6.45, 7) is 0.769. The second-order valence-corrected chi connectivity index (χ2v) is 4.08. The van der Waals surface area contributed by atoms with Gasteiger partial charge in [0.2, 0.25) is 0 Å². The van der Waals surface area contributed by atoms with Gasteiger partial charge in [0, 0.05) is 12.8 Å². The molecule has 0 amide bonds. The first-order chi connectivity index (χ1) is 7.88. The molecule has 0 aliphatic carbocycles. The van der Waals surface area contributed by atoms with Gasteiger partial charge in [-0.25, -0.2) is 0 Å². The number of para-hydroxylation sites is 1. The molecule has 0 spiro atoms. The normalized spacial score (nSPS) is 22.1. The van der Waals surface area contributed by atoms with Crippen LogP contribution in [0.2, 0.25) is 0 Å². The molecule has 0 bridgehead atoms. The van der Waals surface area contributed by atoms with Gasteiger partial charge in [0.25, 0.3) is 0 Å². The zero-order valence-corrected chi connectivity index (χ0v) is 8.84. The molecule has 3 heteroatoms. The molecule has 2 heterocycles. The molecule has 3 nitrogen and oxygen atoms in total. The third kappa shape index (κ3) is 1.36. The molecule has 0 N–H and O–H groups in total. The molecule has 80 valence electrons. The molecule has 0 fully saturated rings. The predicted molar refractivity (Wildman–Crippen MR) is 62.7 cm³/mol. The molecule has 0 radical (unpaired) electrons. The molecule has 0 aromatic heterocycles. The molecule has 0 saturated heterocycles. The Balaban J connectivity index is 2.01. The van der Waals surface area contributed by atoms with Crippen molar-refractivity contribution in [2.75, 3.05) is 0 Å². The highest BCUT2D eigenvalue weighted by atomic mass is 16.1. The van der Waals surface area contributed by atoms with Gasteiger partial charge in [-0.15, -0.1) is 0 Å². The van der Waals surface area contributed by atoms with E-state index in [0.717, 1.165) is 30.6 Å². The maximum atomic E-state index is 10.9. The van der Waals surface area contributed by atoms with E-state index in [1.165, 1.54) is 5.56 Å². The molecular weight excluding hydrogens is 200 g/mol. The Labute approximate surface area is 94.1 Å². The van der Waals surface area contributed by atoms with E-state index in [1.807, 2.05) is 30.5 Å². The number of hydrogen-bond donors (Lipinski definition) is 0. The summed E-state index contributed by atoms with van der Waals surface area (Å²) in [6.07, 6.45) is 5.74. The van der Waals surface area contributed by atoms with Gasteiger partial charge in [-0.1, -0.05) is 24.3 Å². The van der Waals surface area contributed by atoms with Crippen molar-refractivity contribution in [2.45, 2.75) is 19.0 Å². The van der Waals surface area contributed by atoms with Crippen molar-refractivity contribution in [2.24, 2.45) is 4.99 Å². The SMILES string of the molecule is O=CC1=CCC2C=Nc3ccccc3CN12. The zero-order chi connectivity index (χ0) is 11.0. The number of rotatable bonds is 1. The Bertz CT molecular complexity index is 490. The fourth-order valence-electron chi connectivity index (χ4n) is 2.26. The van der Waals surface area contributed by atoms with Crippen LogP contribution in [0, 0.1) is 0 Å². The molecule has 16 heavy (non-hydrogen) atoms. The van der Waals surface area contributed by atoms with Gasteiger partial charge in [0.1, 0.15) is 0 Å². The predicted octanol–water partition coefficient (Wildman–Crippen LogP) is 2.06. The standard InChI is InChI=1S/C13H12N2O/c16-9-12-6-5-11-7-14-13-4-2-1-3-10(13)8-15(11)12/h1-4,6-7,9,11H,5,8H2. The van der Waals surface area contributed by atoms with Gasteiger partial charge < -0.3 is 4.90 Å². The molecule has 2 aliphatic heterocycles. The van der Waals surface area contributed by atoms with E-state index < -0.39 is 0 Å². The maximum absolute atomic E-state index is 10.9.